The summed E-state index contributed by atoms with van der Waals surface area (Å²) in [7, 11) is 0. The number of rotatable bonds is 5. The fraction of sp³-hybridized carbons (Fsp3) is 0.462. The standard InChI is InChI=1S/C13H19N3/c1-3-16(9-5-8-14)10-12-6-4-7-13(15)11(12)2/h4,6-7H,3,5,9-10,15H2,1-2H3. The van der Waals surface area contributed by atoms with E-state index in [9.17, 15) is 0 Å². The molecule has 86 valence electrons. The van der Waals surface area contributed by atoms with Gasteiger partial charge in [-0.15, -0.1) is 0 Å². The Balaban J connectivity index is 2.71. The van der Waals surface area contributed by atoms with Crippen molar-refractivity contribution in [3.05, 3.63) is 29.3 Å². The van der Waals surface area contributed by atoms with Crippen LogP contribution in [0.2, 0.25) is 0 Å². The average Bonchev–Trinajstić information content (AvgIpc) is 2.30. The van der Waals surface area contributed by atoms with Crippen molar-refractivity contribution in [2.75, 3.05) is 18.8 Å². The number of nitriles is 1. The molecular formula is C13H19N3. The van der Waals surface area contributed by atoms with Gasteiger partial charge in [0.15, 0.2) is 0 Å². The Labute approximate surface area is 97.5 Å². The Morgan fingerprint density at radius 2 is 2.19 bits per heavy atom. The van der Waals surface area contributed by atoms with Crippen molar-refractivity contribution in [2.45, 2.75) is 26.8 Å². The third-order valence-electron chi connectivity index (χ3n) is 2.87. The molecule has 0 aliphatic rings. The molecular weight excluding hydrogens is 198 g/mol. The van der Waals surface area contributed by atoms with E-state index in [0.29, 0.717) is 6.42 Å². The van der Waals surface area contributed by atoms with Crippen LogP contribution in [0, 0.1) is 18.3 Å². The molecule has 0 heterocycles. The summed E-state index contributed by atoms with van der Waals surface area (Å²) < 4.78 is 0. The Hall–Kier alpha value is -1.53. The topological polar surface area (TPSA) is 53.0 Å². The first-order valence-electron chi connectivity index (χ1n) is 5.62. The van der Waals surface area contributed by atoms with Crippen LogP contribution in [0.25, 0.3) is 0 Å². The SMILES string of the molecule is CCN(CCC#N)Cc1cccc(N)c1C. The third kappa shape index (κ3) is 3.25. The van der Waals surface area contributed by atoms with Gasteiger partial charge in [0.2, 0.25) is 0 Å². The maximum Gasteiger partial charge on any atom is 0.0635 e. The number of nitrogens with zero attached hydrogens (tertiary/aromatic N) is 2. The van der Waals surface area contributed by atoms with Gasteiger partial charge in [-0.1, -0.05) is 19.1 Å². The number of nitrogen functional groups attached to an aromatic ring is 1. The summed E-state index contributed by atoms with van der Waals surface area (Å²) >= 11 is 0. The molecule has 0 aliphatic carbocycles. The molecule has 0 bridgehead atoms. The van der Waals surface area contributed by atoms with E-state index in [2.05, 4.69) is 24.0 Å². The van der Waals surface area contributed by atoms with Crippen LogP contribution >= 0.6 is 0 Å². The number of hydrogen-bond acceptors (Lipinski definition) is 3. The predicted molar refractivity (Wildman–Crippen MR) is 66.8 cm³/mol. The fourth-order valence-electron chi connectivity index (χ4n) is 1.67. The van der Waals surface area contributed by atoms with Crippen molar-refractivity contribution in [2.24, 2.45) is 0 Å². The molecule has 16 heavy (non-hydrogen) atoms. The van der Waals surface area contributed by atoms with Crippen molar-refractivity contribution in [3.63, 3.8) is 0 Å². The fourth-order valence-corrected chi connectivity index (χ4v) is 1.67. The zero-order chi connectivity index (χ0) is 12.0. The Morgan fingerprint density at radius 3 is 2.81 bits per heavy atom. The Bertz CT molecular complexity index is 379. The Morgan fingerprint density at radius 1 is 1.44 bits per heavy atom. The molecule has 0 unspecified atom stereocenters. The van der Waals surface area contributed by atoms with Crippen LogP contribution in [0.1, 0.15) is 24.5 Å². The van der Waals surface area contributed by atoms with Gasteiger partial charge in [0, 0.05) is 25.2 Å². The van der Waals surface area contributed by atoms with E-state index < -0.39 is 0 Å². The first kappa shape index (κ1) is 12.5. The van der Waals surface area contributed by atoms with Gasteiger partial charge < -0.3 is 5.73 Å². The molecule has 0 atom stereocenters. The Kier molecular flexibility index (Phi) is 4.81. The van der Waals surface area contributed by atoms with E-state index in [1.807, 2.05) is 19.1 Å². The van der Waals surface area contributed by atoms with Crippen LogP contribution in [0.4, 0.5) is 5.69 Å². The van der Waals surface area contributed by atoms with E-state index in [1.165, 1.54) is 5.56 Å². The molecule has 0 saturated carbocycles. The van der Waals surface area contributed by atoms with Gasteiger partial charge in [0.05, 0.1) is 6.07 Å². The highest BCUT2D eigenvalue weighted by Crippen LogP contribution is 2.17. The van der Waals surface area contributed by atoms with Gasteiger partial charge in [-0.05, 0) is 30.7 Å². The molecule has 1 rings (SSSR count). The molecule has 3 nitrogen and oxygen atoms in total. The lowest BCUT2D eigenvalue weighted by Crippen LogP contribution is -2.24. The lowest BCUT2D eigenvalue weighted by molar-refractivity contribution is 0.286. The molecule has 0 spiro atoms. The largest absolute Gasteiger partial charge is 0.399 e. The molecule has 2 N–H and O–H groups in total. The molecule has 0 aliphatic heterocycles. The maximum atomic E-state index is 8.58. The summed E-state index contributed by atoms with van der Waals surface area (Å²) in [6.07, 6.45) is 0.579. The molecule has 0 amide bonds. The summed E-state index contributed by atoms with van der Waals surface area (Å²) in [5.74, 6) is 0. The first-order chi connectivity index (χ1) is 7.69. The van der Waals surface area contributed by atoms with Crippen LogP contribution < -0.4 is 5.73 Å². The minimum atomic E-state index is 0.579. The summed E-state index contributed by atoms with van der Waals surface area (Å²) in [6, 6.07) is 8.18. The minimum absolute atomic E-state index is 0.579. The van der Waals surface area contributed by atoms with Crippen LogP contribution in [0.5, 0.6) is 0 Å². The predicted octanol–water partition coefficient (Wildman–Crippen LogP) is 2.31. The quantitative estimate of drug-likeness (QED) is 0.770. The van der Waals surface area contributed by atoms with Gasteiger partial charge in [-0.2, -0.15) is 5.26 Å². The van der Waals surface area contributed by atoms with E-state index >= 15 is 0 Å². The zero-order valence-corrected chi connectivity index (χ0v) is 10.0. The van der Waals surface area contributed by atoms with Crippen LogP contribution in [-0.2, 0) is 6.54 Å². The molecule has 1 aromatic carbocycles. The highest BCUT2D eigenvalue weighted by molar-refractivity contribution is 5.49. The second-order valence-corrected chi connectivity index (χ2v) is 3.91. The zero-order valence-electron chi connectivity index (χ0n) is 10.0. The van der Waals surface area contributed by atoms with E-state index in [-0.39, 0.29) is 0 Å². The van der Waals surface area contributed by atoms with Crippen LogP contribution in [0.15, 0.2) is 18.2 Å². The van der Waals surface area contributed by atoms with Gasteiger partial charge >= 0.3 is 0 Å². The van der Waals surface area contributed by atoms with Crippen LogP contribution in [0.3, 0.4) is 0 Å². The molecule has 1 aromatic rings. The van der Waals surface area contributed by atoms with Crippen LogP contribution in [-0.4, -0.2) is 18.0 Å². The van der Waals surface area contributed by atoms with Crippen molar-refractivity contribution in [1.82, 2.24) is 4.90 Å². The number of benzene rings is 1. The summed E-state index contributed by atoms with van der Waals surface area (Å²) in [4.78, 5) is 2.25. The molecule has 0 aromatic heterocycles. The third-order valence-corrected chi connectivity index (χ3v) is 2.87. The van der Waals surface area contributed by atoms with Gasteiger partial charge in [0.1, 0.15) is 0 Å². The summed E-state index contributed by atoms with van der Waals surface area (Å²) in [5, 5.41) is 8.58. The monoisotopic (exact) mass is 217 g/mol. The van der Waals surface area contributed by atoms with E-state index in [0.717, 1.165) is 30.9 Å². The van der Waals surface area contributed by atoms with Crippen molar-refractivity contribution in [1.29, 1.82) is 5.26 Å². The average molecular weight is 217 g/mol. The summed E-state index contributed by atoms with van der Waals surface area (Å²) in [6.45, 7) is 6.80. The van der Waals surface area contributed by atoms with Gasteiger partial charge in [-0.25, -0.2) is 0 Å². The first-order valence-corrected chi connectivity index (χ1v) is 5.62. The lowest BCUT2D eigenvalue weighted by atomic mass is 10.1. The molecule has 0 saturated heterocycles. The van der Waals surface area contributed by atoms with Gasteiger partial charge in [0.25, 0.3) is 0 Å². The lowest BCUT2D eigenvalue weighted by Gasteiger charge is -2.20. The van der Waals surface area contributed by atoms with Crippen molar-refractivity contribution < 1.29 is 0 Å². The summed E-state index contributed by atoms with van der Waals surface area (Å²) in [5.41, 5.74) is 9.11. The molecule has 0 fully saturated rings. The highest BCUT2D eigenvalue weighted by Gasteiger charge is 2.06. The van der Waals surface area contributed by atoms with Crippen molar-refractivity contribution in [3.8, 4) is 6.07 Å². The maximum absolute atomic E-state index is 8.58. The minimum Gasteiger partial charge on any atom is -0.399 e. The van der Waals surface area contributed by atoms with Gasteiger partial charge in [-0.3, -0.25) is 4.90 Å². The van der Waals surface area contributed by atoms with Crippen molar-refractivity contribution >= 4 is 5.69 Å². The van der Waals surface area contributed by atoms with E-state index in [4.69, 9.17) is 11.0 Å². The highest BCUT2D eigenvalue weighted by atomic mass is 15.1. The molecule has 3 heteroatoms. The second kappa shape index (κ2) is 6.14. The molecule has 0 radical (unpaired) electrons. The van der Waals surface area contributed by atoms with E-state index in [1.54, 1.807) is 0 Å². The smallest absolute Gasteiger partial charge is 0.0635 e. The second-order valence-electron chi connectivity index (χ2n) is 3.91. The number of anilines is 1. The normalized spacial score (nSPS) is 10.4. The number of hydrogen-bond donors (Lipinski definition) is 1. The number of nitrogens with two attached hydrogens (primary N) is 1.